The minimum atomic E-state index is -1.17. The Balaban J connectivity index is 2.34. The third-order valence-electron chi connectivity index (χ3n) is 4.17. The predicted octanol–water partition coefficient (Wildman–Crippen LogP) is 3.93. The van der Waals surface area contributed by atoms with E-state index in [2.05, 4.69) is 13.8 Å². The molecule has 1 aliphatic rings. The zero-order valence-electron chi connectivity index (χ0n) is 10.6. The number of hydrogen-bond acceptors (Lipinski definition) is 1. The fraction of sp³-hybridized carbons (Fsp3) is 0.571. The second-order valence-electron chi connectivity index (χ2n) is 5.80. The van der Waals surface area contributed by atoms with Gasteiger partial charge in [-0.05, 0) is 30.2 Å². The summed E-state index contributed by atoms with van der Waals surface area (Å²) in [5, 5.41) is 0. The van der Waals surface area contributed by atoms with Crippen LogP contribution in [0, 0.1) is 28.8 Å². The molecular formula is C14H18F3N. The van der Waals surface area contributed by atoms with Crippen molar-refractivity contribution in [3.8, 4) is 0 Å². The van der Waals surface area contributed by atoms with Gasteiger partial charge in [-0.15, -0.1) is 0 Å². The van der Waals surface area contributed by atoms with Crippen LogP contribution in [-0.4, -0.2) is 0 Å². The lowest BCUT2D eigenvalue weighted by Gasteiger charge is -2.32. The Morgan fingerprint density at radius 3 is 2.33 bits per heavy atom. The summed E-state index contributed by atoms with van der Waals surface area (Å²) in [5.41, 5.74) is 6.15. The van der Waals surface area contributed by atoms with Gasteiger partial charge >= 0.3 is 0 Å². The predicted molar refractivity (Wildman–Crippen MR) is 64.4 cm³/mol. The number of halogens is 3. The maximum atomic E-state index is 13.7. The van der Waals surface area contributed by atoms with Crippen LogP contribution in [0.5, 0.6) is 0 Å². The van der Waals surface area contributed by atoms with Gasteiger partial charge in [0.2, 0.25) is 0 Å². The van der Waals surface area contributed by atoms with Crippen LogP contribution in [0.3, 0.4) is 0 Å². The molecule has 1 fully saturated rings. The summed E-state index contributed by atoms with van der Waals surface area (Å²) >= 11 is 0. The van der Waals surface area contributed by atoms with Crippen LogP contribution in [0.2, 0.25) is 0 Å². The largest absolute Gasteiger partial charge is 0.324 e. The fourth-order valence-corrected chi connectivity index (χ4v) is 3.03. The minimum absolute atomic E-state index is 0.0106. The monoisotopic (exact) mass is 257 g/mol. The molecule has 1 aliphatic carbocycles. The highest BCUT2D eigenvalue weighted by molar-refractivity contribution is 5.24. The minimum Gasteiger partial charge on any atom is -0.324 e. The van der Waals surface area contributed by atoms with Gasteiger partial charge in [0.15, 0.2) is 11.6 Å². The molecule has 100 valence electrons. The zero-order chi connectivity index (χ0) is 13.5. The Hall–Kier alpha value is -1.03. The molecule has 2 N–H and O–H groups in total. The first-order valence-electron chi connectivity index (χ1n) is 6.23. The smallest absolute Gasteiger partial charge is 0.161 e. The maximum Gasteiger partial charge on any atom is 0.161 e. The van der Waals surface area contributed by atoms with E-state index >= 15 is 0 Å². The maximum absolute atomic E-state index is 13.7. The van der Waals surface area contributed by atoms with Crippen LogP contribution in [-0.2, 0) is 0 Å². The molecule has 0 aliphatic heterocycles. The van der Waals surface area contributed by atoms with Gasteiger partial charge in [-0.3, -0.25) is 0 Å². The van der Waals surface area contributed by atoms with Crippen molar-refractivity contribution >= 4 is 0 Å². The Morgan fingerprint density at radius 2 is 1.78 bits per heavy atom. The summed E-state index contributed by atoms with van der Waals surface area (Å²) in [6, 6.07) is 0.883. The van der Waals surface area contributed by atoms with E-state index in [1.807, 2.05) is 0 Å². The first-order valence-corrected chi connectivity index (χ1v) is 6.23. The molecule has 0 radical (unpaired) electrons. The van der Waals surface area contributed by atoms with E-state index in [4.69, 9.17) is 5.73 Å². The average molecular weight is 257 g/mol. The van der Waals surface area contributed by atoms with Gasteiger partial charge in [0, 0.05) is 17.7 Å². The Bertz CT molecular complexity index is 457. The first-order chi connectivity index (χ1) is 8.33. The highest BCUT2D eigenvalue weighted by Gasteiger charge is 2.39. The topological polar surface area (TPSA) is 26.0 Å². The van der Waals surface area contributed by atoms with Crippen molar-refractivity contribution in [1.29, 1.82) is 0 Å². The van der Waals surface area contributed by atoms with E-state index in [0.717, 1.165) is 25.3 Å². The van der Waals surface area contributed by atoms with E-state index in [9.17, 15) is 13.2 Å². The number of rotatable bonds is 2. The average Bonchev–Trinajstić information content (AvgIpc) is 2.62. The molecule has 1 aromatic rings. The van der Waals surface area contributed by atoms with Crippen molar-refractivity contribution in [3.63, 3.8) is 0 Å². The molecular weight excluding hydrogens is 239 g/mol. The van der Waals surface area contributed by atoms with Crippen LogP contribution < -0.4 is 5.73 Å². The van der Waals surface area contributed by atoms with Crippen molar-refractivity contribution < 1.29 is 13.2 Å². The Morgan fingerprint density at radius 1 is 1.17 bits per heavy atom. The molecule has 0 heterocycles. The van der Waals surface area contributed by atoms with E-state index in [0.29, 0.717) is 6.07 Å². The van der Waals surface area contributed by atoms with Crippen molar-refractivity contribution in [2.75, 3.05) is 0 Å². The molecule has 1 nitrogen and oxygen atoms in total. The van der Waals surface area contributed by atoms with Crippen LogP contribution in [0.4, 0.5) is 13.2 Å². The van der Waals surface area contributed by atoms with Crippen molar-refractivity contribution in [3.05, 3.63) is 35.1 Å². The van der Waals surface area contributed by atoms with Crippen LogP contribution in [0.25, 0.3) is 0 Å². The van der Waals surface area contributed by atoms with E-state index < -0.39 is 23.5 Å². The highest BCUT2D eigenvalue weighted by atomic mass is 19.2. The van der Waals surface area contributed by atoms with Crippen molar-refractivity contribution in [1.82, 2.24) is 0 Å². The fourth-order valence-electron chi connectivity index (χ4n) is 3.03. The quantitative estimate of drug-likeness (QED) is 0.798. The number of nitrogens with two attached hydrogens (primary N) is 1. The normalized spacial score (nSPS) is 24.2. The molecule has 1 saturated carbocycles. The van der Waals surface area contributed by atoms with Crippen molar-refractivity contribution in [2.24, 2.45) is 17.1 Å². The van der Waals surface area contributed by atoms with Crippen molar-refractivity contribution in [2.45, 2.75) is 39.2 Å². The summed E-state index contributed by atoms with van der Waals surface area (Å²) < 4.78 is 39.8. The molecule has 0 saturated heterocycles. The summed E-state index contributed by atoms with van der Waals surface area (Å²) in [7, 11) is 0. The van der Waals surface area contributed by atoms with Gasteiger partial charge < -0.3 is 5.73 Å². The standard InChI is InChI=1S/C14H18F3N/c1-14(2)5-3-4-9(14)13(18)8-6-11(16)12(17)7-10(8)15/h6-7,9,13H,3-5,18H2,1-2H3. The van der Waals surface area contributed by atoms with E-state index in [1.54, 1.807) is 0 Å². The molecule has 0 aromatic heterocycles. The molecule has 18 heavy (non-hydrogen) atoms. The first kappa shape index (κ1) is 13.4. The number of hydrogen-bond donors (Lipinski definition) is 1. The van der Waals surface area contributed by atoms with Gasteiger partial charge in [0.25, 0.3) is 0 Å². The molecule has 4 heteroatoms. The van der Waals surface area contributed by atoms with Gasteiger partial charge in [-0.2, -0.15) is 0 Å². The SMILES string of the molecule is CC1(C)CCCC1C(N)c1cc(F)c(F)cc1F. The van der Waals surface area contributed by atoms with Crippen LogP contribution in [0.1, 0.15) is 44.7 Å². The van der Waals surface area contributed by atoms with E-state index in [1.165, 1.54) is 0 Å². The summed E-state index contributed by atoms with van der Waals surface area (Å²) in [6.07, 6.45) is 2.96. The zero-order valence-corrected chi connectivity index (χ0v) is 10.6. The summed E-state index contributed by atoms with van der Waals surface area (Å²) in [5.74, 6) is -2.88. The summed E-state index contributed by atoms with van der Waals surface area (Å²) in [4.78, 5) is 0. The third-order valence-corrected chi connectivity index (χ3v) is 4.17. The third kappa shape index (κ3) is 2.26. The lowest BCUT2D eigenvalue weighted by molar-refractivity contribution is 0.219. The van der Waals surface area contributed by atoms with Gasteiger partial charge in [0.1, 0.15) is 5.82 Å². The van der Waals surface area contributed by atoms with Crippen LogP contribution in [0.15, 0.2) is 12.1 Å². The molecule has 2 atom stereocenters. The molecule has 2 unspecified atom stereocenters. The molecule has 0 bridgehead atoms. The van der Waals surface area contributed by atoms with Gasteiger partial charge in [0.05, 0.1) is 0 Å². The Kier molecular flexibility index (Phi) is 3.41. The molecule has 2 rings (SSSR count). The molecule has 1 aromatic carbocycles. The lowest BCUT2D eigenvalue weighted by atomic mass is 9.76. The highest BCUT2D eigenvalue weighted by Crippen LogP contribution is 2.48. The second-order valence-corrected chi connectivity index (χ2v) is 5.80. The van der Waals surface area contributed by atoms with E-state index in [-0.39, 0.29) is 16.9 Å². The lowest BCUT2D eigenvalue weighted by Crippen LogP contribution is -2.30. The van der Waals surface area contributed by atoms with Gasteiger partial charge in [-0.1, -0.05) is 20.3 Å². The molecule has 0 spiro atoms. The van der Waals surface area contributed by atoms with Crippen LogP contribution >= 0.6 is 0 Å². The molecule has 0 amide bonds. The summed E-state index contributed by atoms with van der Waals surface area (Å²) in [6.45, 7) is 4.17. The Labute approximate surface area is 105 Å². The number of benzene rings is 1. The second kappa shape index (κ2) is 4.57. The van der Waals surface area contributed by atoms with Gasteiger partial charge in [-0.25, -0.2) is 13.2 Å².